The summed E-state index contributed by atoms with van der Waals surface area (Å²) in [4.78, 5) is 15.5. The molecule has 0 aliphatic rings. The number of benzene rings is 2. The lowest BCUT2D eigenvalue weighted by molar-refractivity contribution is -0.159. The Morgan fingerprint density at radius 2 is 1.64 bits per heavy atom. The van der Waals surface area contributed by atoms with Gasteiger partial charge in [-0.15, -0.1) is 0 Å². The maximum absolute atomic E-state index is 12.5. The summed E-state index contributed by atoms with van der Waals surface area (Å²) in [6.45, 7) is 0. The van der Waals surface area contributed by atoms with E-state index in [4.69, 9.17) is 11.6 Å². The Hall–Kier alpha value is -2.72. The van der Waals surface area contributed by atoms with Crippen molar-refractivity contribution in [3.05, 3.63) is 65.0 Å². The van der Waals surface area contributed by atoms with Gasteiger partial charge >= 0.3 is 12.1 Å². The van der Waals surface area contributed by atoms with Crippen molar-refractivity contribution in [2.45, 2.75) is 11.1 Å². The Bertz CT molecular complexity index is 1110. The molecular formula is C17H10ClF3N2O4S. The van der Waals surface area contributed by atoms with Gasteiger partial charge in [0.05, 0.1) is 4.90 Å². The van der Waals surface area contributed by atoms with Gasteiger partial charge < -0.3 is 4.52 Å². The van der Waals surface area contributed by atoms with Crippen molar-refractivity contribution < 1.29 is 30.9 Å². The first-order chi connectivity index (χ1) is 13.1. The molecule has 28 heavy (non-hydrogen) atoms. The molecule has 0 N–H and O–H groups in total. The van der Waals surface area contributed by atoms with Gasteiger partial charge in [0.1, 0.15) is 5.75 Å². The maximum atomic E-state index is 12.5. The first-order valence-electron chi connectivity index (χ1n) is 7.59. The lowest BCUT2D eigenvalue weighted by atomic mass is 10.1. The number of hydrogen-bond acceptors (Lipinski definition) is 6. The maximum Gasteiger partial charge on any atom is 0.471 e. The van der Waals surface area contributed by atoms with Crippen molar-refractivity contribution in [2.24, 2.45) is 0 Å². The minimum absolute atomic E-state index is 0.0478. The molecule has 0 saturated carbocycles. The average Bonchev–Trinajstić information content (AvgIpc) is 3.12. The zero-order valence-corrected chi connectivity index (χ0v) is 15.3. The molecule has 0 fully saturated rings. The Morgan fingerprint density at radius 3 is 2.18 bits per heavy atom. The summed E-state index contributed by atoms with van der Waals surface area (Å²) >= 11 is 5.71. The van der Waals surface area contributed by atoms with E-state index in [2.05, 4.69) is 14.7 Å². The van der Waals surface area contributed by atoms with Gasteiger partial charge in [0.15, 0.2) is 15.6 Å². The molecule has 11 heteroatoms. The molecule has 0 aliphatic carbocycles. The smallest absolute Gasteiger partial charge is 0.329 e. The van der Waals surface area contributed by atoms with Gasteiger partial charge in [-0.05, 0) is 24.3 Å². The minimum Gasteiger partial charge on any atom is -0.329 e. The number of sulfone groups is 1. The predicted octanol–water partition coefficient (Wildman–Crippen LogP) is 4.07. The van der Waals surface area contributed by atoms with Gasteiger partial charge in [-0.3, -0.25) is 4.79 Å². The van der Waals surface area contributed by atoms with Crippen LogP contribution in [0.15, 0.2) is 57.9 Å². The molecule has 146 valence electrons. The van der Waals surface area contributed by atoms with E-state index in [-0.39, 0.29) is 21.8 Å². The van der Waals surface area contributed by atoms with Crippen molar-refractivity contribution in [1.29, 1.82) is 0 Å². The number of Topliss-reactive ketones (excluding diaryl/α,β-unsaturated/α-hetero) is 1. The second-order valence-electron chi connectivity index (χ2n) is 5.63. The third kappa shape index (κ3) is 4.39. The average molecular weight is 431 g/mol. The fraction of sp³-hybridized carbons (Fsp3) is 0.118. The molecule has 0 aliphatic heterocycles. The molecule has 0 radical (unpaired) electrons. The summed E-state index contributed by atoms with van der Waals surface area (Å²) in [5, 5.41) is 3.59. The predicted molar refractivity (Wildman–Crippen MR) is 92.6 cm³/mol. The van der Waals surface area contributed by atoms with Crippen LogP contribution in [0.3, 0.4) is 0 Å². The number of carbonyl (C=O) groups excluding carboxylic acids is 1. The number of nitrogens with zero attached hydrogens (tertiary/aromatic N) is 2. The summed E-state index contributed by atoms with van der Waals surface area (Å²) < 4.78 is 66.3. The van der Waals surface area contributed by atoms with E-state index in [9.17, 15) is 26.4 Å². The van der Waals surface area contributed by atoms with E-state index >= 15 is 0 Å². The summed E-state index contributed by atoms with van der Waals surface area (Å²) in [5.41, 5.74) is 0.247. The van der Waals surface area contributed by atoms with Crippen molar-refractivity contribution in [3.63, 3.8) is 0 Å². The van der Waals surface area contributed by atoms with Crippen molar-refractivity contribution in [1.82, 2.24) is 10.1 Å². The zero-order chi connectivity index (χ0) is 20.5. The van der Waals surface area contributed by atoms with Crippen LogP contribution in [-0.2, 0) is 16.0 Å². The normalized spacial score (nSPS) is 12.1. The van der Waals surface area contributed by atoms with Crippen LogP contribution in [0.2, 0.25) is 5.02 Å². The summed E-state index contributed by atoms with van der Waals surface area (Å²) in [6.07, 6.45) is -4.77. The lowest BCUT2D eigenvalue weighted by Gasteiger charge is -2.05. The van der Waals surface area contributed by atoms with Crippen LogP contribution in [-0.4, -0.2) is 30.1 Å². The van der Waals surface area contributed by atoms with Crippen LogP contribution < -0.4 is 0 Å². The molecule has 1 heterocycles. The van der Waals surface area contributed by atoms with Gasteiger partial charge in [-0.1, -0.05) is 41.0 Å². The monoisotopic (exact) mass is 430 g/mol. The van der Waals surface area contributed by atoms with E-state index in [0.29, 0.717) is 5.02 Å². The van der Waals surface area contributed by atoms with Crippen molar-refractivity contribution in [3.8, 4) is 11.4 Å². The number of rotatable bonds is 5. The molecule has 1 aromatic heterocycles. The van der Waals surface area contributed by atoms with E-state index in [1.165, 1.54) is 48.5 Å². The second-order valence-corrected chi connectivity index (χ2v) is 8.06. The molecule has 0 spiro atoms. The Labute approximate surface area is 161 Å². The van der Waals surface area contributed by atoms with Crippen LogP contribution in [0.25, 0.3) is 11.4 Å². The van der Waals surface area contributed by atoms with E-state index in [0.717, 1.165) is 0 Å². The molecule has 3 rings (SSSR count). The molecule has 0 bridgehead atoms. The van der Waals surface area contributed by atoms with Gasteiger partial charge in [-0.25, -0.2) is 8.42 Å². The molecule has 2 aromatic carbocycles. The highest BCUT2D eigenvalue weighted by atomic mass is 35.5. The van der Waals surface area contributed by atoms with Crippen LogP contribution >= 0.6 is 11.6 Å². The van der Waals surface area contributed by atoms with Crippen molar-refractivity contribution in [2.75, 3.05) is 5.75 Å². The van der Waals surface area contributed by atoms with Crippen LogP contribution in [0.4, 0.5) is 13.2 Å². The van der Waals surface area contributed by atoms with Crippen LogP contribution in [0, 0.1) is 0 Å². The molecule has 0 saturated heterocycles. The number of halogens is 4. The molecule has 0 atom stereocenters. The number of alkyl halides is 3. The lowest BCUT2D eigenvalue weighted by Crippen LogP contribution is -2.16. The number of aromatic nitrogens is 2. The van der Waals surface area contributed by atoms with E-state index < -0.39 is 33.4 Å². The number of ketones is 1. The largest absolute Gasteiger partial charge is 0.471 e. The van der Waals surface area contributed by atoms with Crippen LogP contribution in [0.1, 0.15) is 16.2 Å². The quantitative estimate of drug-likeness (QED) is 0.567. The second kappa shape index (κ2) is 7.36. The van der Waals surface area contributed by atoms with Gasteiger partial charge in [0.2, 0.25) is 5.82 Å². The highest BCUT2D eigenvalue weighted by Gasteiger charge is 2.38. The number of carbonyl (C=O) groups is 1. The Kier molecular flexibility index (Phi) is 5.26. The third-order valence-electron chi connectivity index (χ3n) is 3.63. The molecule has 3 aromatic rings. The Morgan fingerprint density at radius 1 is 1.04 bits per heavy atom. The number of hydrogen-bond donors (Lipinski definition) is 0. The highest BCUT2D eigenvalue weighted by Crippen LogP contribution is 2.29. The summed E-state index contributed by atoms with van der Waals surface area (Å²) in [6, 6.07) is 10.5. The van der Waals surface area contributed by atoms with Gasteiger partial charge in [0.25, 0.3) is 0 Å². The molecule has 6 nitrogen and oxygen atoms in total. The molecule has 0 amide bonds. The highest BCUT2D eigenvalue weighted by molar-refractivity contribution is 7.92. The first-order valence-corrected chi connectivity index (χ1v) is 9.62. The van der Waals surface area contributed by atoms with Gasteiger partial charge in [-0.2, -0.15) is 18.2 Å². The third-order valence-corrected chi connectivity index (χ3v) is 5.51. The molecular weight excluding hydrogens is 421 g/mol. The van der Waals surface area contributed by atoms with Crippen molar-refractivity contribution >= 4 is 27.2 Å². The van der Waals surface area contributed by atoms with E-state index in [1.807, 2.05) is 0 Å². The standard InChI is InChI=1S/C17H10ClF3N2O4S/c18-12-5-7-13(8-6-12)28(25,26)9-14(24)10-1-3-11(4-2-10)15-22-16(27-23-15)17(19,20)21/h1-8H,9H2. The first kappa shape index (κ1) is 20.0. The SMILES string of the molecule is O=C(CS(=O)(=O)c1ccc(Cl)cc1)c1ccc(-c2noc(C(F)(F)F)n2)cc1. The summed E-state index contributed by atoms with van der Waals surface area (Å²) in [5.74, 6) is -3.24. The fourth-order valence-electron chi connectivity index (χ4n) is 2.24. The Balaban J connectivity index is 1.77. The van der Waals surface area contributed by atoms with Gasteiger partial charge in [0, 0.05) is 16.1 Å². The summed E-state index contributed by atoms with van der Waals surface area (Å²) in [7, 11) is -3.87. The van der Waals surface area contributed by atoms with Crippen LogP contribution in [0.5, 0.6) is 0 Å². The fourth-order valence-corrected chi connectivity index (χ4v) is 3.60. The molecule has 0 unspecified atom stereocenters. The van der Waals surface area contributed by atoms with E-state index in [1.54, 1.807) is 0 Å². The minimum atomic E-state index is -4.77. The topological polar surface area (TPSA) is 90.1 Å². The zero-order valence-electron chi connectivity index (χ0n) is 13.8.